The lowest BCUT2D eigenvalue weighted by atomic mass is 9.99. The summed E-state index contributed by atoms with van der Waals surface area (Å²) in [7, 11) is 0. The van der Waals surface area contributed by atoms with Crippen molar-refractivity contribution in [3.63, 3.8) is 0 Å². The molecule has 96 valence electrons. The first-order valence-corrected chi connectivity index (χ1v) is 4.72. The van der Waals surface area contributed by atoms with Crippen LogP contribution in [0.15, 0.2) is 12.1 Å². The van der Waals surface area contributed by atoms with Crippen molar-refractivity contribution in [1.29, 1.82) is 0 Å². The minimum Gasteiger partial charge on any atom is -0.480 e. The van der Waals surface area contributed by atoms with Gasteiger partial charge in [0, 0.05) is 6.07 Å². The predicted octanol–water partition coefficient (Wildman–Crippen LogP) is 1.64. The molecule has 1 aromatic rings. The monoisotopic (exact) mass is 277 g/mol. The molecule has 1 aromatic carbocycles. The summed E-state index contributed by atoms with van der Waals surface area (Å²) in [5.41, 5.74) is -1.52. The highest BCUT2D eigenvalue weighted by molar-refractivity contribution is 6.32. The minimum atomic E-state index is -2.09. The maximum atomic E-state index is 13.3. The summed E-state index contributed by atoms with van der Waals surface area (Å²) >= 11 is 5.53. The third-order valence-electron chi connectivity index (χ3n) is 2.07. The second-order valence-electron chi connectivity index (χ2n) is 3.19. The van der Waals surface area contributed by atoms with Gasteiger partial charge in [0.25, 0.3) is 0 Å². The van der Waals surface area contributed by atoms with Crippen molar-refractivity contribution in [2.24, 2.45) is 0 Å². The van der Waals surface area contributed by atoms with Gasteiger partial charge in [-0.1, -0.05) is 11.6 Å². The third-order valence-corrected chi connectivity index (χ3v) is 2.40. The van der Waals surface area contributed by atoms with Crippen LogP contribution in [0, 0.1) is 15.9 Å². The highest BCUT2D eigenvalue weighted by Crippen LogP contribution is 2.31. The number of hydrogen-bond donors (Lipinski definition) is 2. The molecule has 0 radical (unpaired) electrons. The molecule has 18 heavy (non-hydrogen) atoms. The summed E-state index contributed by atoms with van der Waals surface area (Å²) < 4.78 is 13.3. The van der Waals surface area contributed by atoms with Crippen molar-refractivity contribution >= 4 is 29.2 Å². The van der Waals surface area contributed by atoms with Crippen LogP contribution in [0.1, 0.15) is 11.5 Å². The molecule has 2 N–H and O–H groups in total. The van der Waals surface area contributed by atoms with E-state index in [2.05, 4.69) is 0 Å². The van der Waals surface area contributed by atoms with Crippen LogP contribution in [-0.2, 0) is 9.59 Å². The number of carboxylic acids is 2. The van der Waals surface area contributed by atoms with Crippen LogP contribution in [0.25, 0.3) is 0 Å². The Morgan fingerprint density at radius 1 is 1.33 bits per heavy atom. The van der Waals surface area contributed by atoms with Gasteiger partial charge in [-0.25, -0.2) is 0 Å². The molecule has 9 heteroatoms. The second-order valence-corrected chi connectivity index (χ2v) is 3.60. The van der Waals surface area contributed by atoms with Crippen molar-refractivity contribution in [2.75, 3.05) is 0 Å². The minimum absolute atomic E-state index is 0.438. The van der Waals surface area contributed by atoms with Gasteiger partial charge >= 0.3 is 17.6 Å². The first-order valence-electron chi connectivity index (χ1n) is 4.34. The average Bonchev–Trinajstić information content (AvgIpc) is 2.21. The van der Waals surface area contributed by atoms with Crippen LogP contribution in [0.5, 0.6) is 0 Å². The van der Waals surface area contributed by atoms with Gasteiger partial charge in [-0.3, -0.25) is 19.7 Å². The molecule has 1 rings (SSSR count). The number of nitro groups is 1. The van der Waals surface area contributed by atoms with Crippen molar-refractivity contribution in [2.45, 2.75) is 5.92 Å². The molecule has 0 aliphatic heterocycles. The van der Waals surface area contributed by atoms with E-state index in [-0.39, 0.29) is 0 Å². The van der Waals surface area contributed by atoms with Crippen LogP contribution in [0.3, 0.4) is 0 Å². The summed E-state index contributed by atoms with van der Waals surface area (Å²) in [5, 5.41) is 27.3. The van der Waals surface area contributed by atoms with E-state index in [4.69, 9.17) is 21.8 Å². The van der Waals surface area contributed by atoms with E-state index >= 15 is 0 Å². The molecule has 0 amide bonds. The third kappa shape index (κ3) is 2.54. The van der Waals surface area contributed by atoms with E-state index in [1.165, 1.54) is 0 Å². The zero-order valence-electron chi connectivity index (χ0n) is 8.46. The number of nitro benzene ring substituents is 1. The summed E-state index contributed by atoms with van der Waals surface area (Å²) in [5.74, 6) is -6.95. The smallest absolute Gasteiger partial charge is 0.322 e. The van der Waals surface area contributed by atoms with Gasteiger partial charge in [-0.2, -0.15) is 4.39 Å². The molecule has 7 nitrogen and oxygen atoms in total. The van der Waals surface area contributed by atoms with E-state index in [1.54, 1.807) is 0 Å². The Bertz CT molecular complexity index is 532. The van der Waals surface area contributed by atoms with Crippen LogP contribution in [-0.4, -0.2) is 27.1 Å². The number of benzene rings is 1. The molecule has 0 spiro atoms. The SMILES string of the molecule is O=C(O)C(C(=O)O)c1cc(F)c([N+](=O)[O-])cc1Cl. The second kappa shape index (κ2) is 4.96. The lowest BCUT2D eigenvalue weighted by molar-refractivity contribution is -0.387. The molecular weight excluding hydrogens is 273 g/mol. The van der Waals surface area contributed by atoms with E-state index < -0.39 is 44.9 Å². The lowest BCUT2D eigenvalue weighted by Gasteiger charge is -2.09. The first-order chi connectivity index (χ1) is 8.25. The normalized spacial score (nSPS) is 10.4. The standard InChI is InChI=1S/C9H5ClFNO6/c10-4-2-6(12(17)18)5(11)1-3(4)7(8(13)14)9(15)16/h1-2,7H,(H,13,14)(H,15,16). The Kier molecular flexibility index (Phi) is 3.82. The van der Waals surface area contributed by atoms with E-state index in [1.807, 2.05) is 0 Å². The highest BCUT2D eigenvalue weighted by atomic mass is 35.5. The Hall–Kier alpha value is -2.22. The molecule has 0 saturated heterocycles. The fraction of sp³-hybridized carbons (Fsp3) is 0.111. The number of rotatable bonds is 4. The Labute approximate surface area is 104 Å². The number of aliphatic carboxylic acids is 2. The molecular formula is C9H5ClFNO6. The van der Waals surface area contributed by atoms with Crippen molar-refractivity contribution in [1.82, 2.24) is 0 Å². The summed E-state index contributed by atoms with van der Waals surface area (Å²) in [4.78, 5) is 30.8. The molecule has 0 aromatic heterocycles. The van der Waals surface area contributed by atoms with Crippen molar-refractivity contribution < 1.29 is 29.1 Å². The number of hydrogen-bond acceptors (Lipinski definition) is 4. The van der Waals surface area contributed by atoms with Gasteiger partial charge < -0.3 is 10.2 Å². The average molecular weight is 278 g/mol. The molecule has 0 unspecified atom stereocenters. The molecule has 0 fully saturated rings. The highest BCUT2D eigenvalue weighted by Gasteiger charge is 2.32. The number of nitrogens with zero attached hydrogens (tertiary/aromatic N) is 1. The maximum absolute atomic E-state index is 13.3. The number of carbonyl (C=O) groups is 2. The fourth-order valence-electron chi connectivity index (χ4n) is 1.28. The van der Waals surface area contributed by atoms with Crippen molar-refractivity contribution in [3.05, 3.63) is 38.7 Å². The van der Waals surface area contributed by atoms with Gasteiger partial charge in [0.2, 0.25) is 5.82 Å². The summed E-state index contributed by atoms with van der Waals surface area (Å²) in [6, 6.07) is 1.01. The van der Waals surface area contributed by atoms with Gasteiger partial charge in [0.1, 0.15) is 0 Å². The Morgan fingerprint density at radius 3 is 2.22 bits per heavy atom. The number of halogens is 2. The Balaban J connectivity index is 3.43. The van der Waals surface area contributed by atoms with Gasteiger partial charge in [-0.05, 0) is 11.6 Å². The van der Waals surface area contributed by atoms with Crippen molar-refractivity contribution in [3.8, 4) is 0 Å². The number of carboxylic acid groups (broad SMARTS) is 2. The van der Waals surface area contributed by atoms with Gasteiger partial charge in [0.05, 0.1) is 9.95 Å². The maximum Gasteiger partial charge on any atom is 0.322 e. The largest absolute Gasteiger partial charge is 0.480 e. The topological polar surface area (TPSA) is 118 Å². The van der Waals surface area contributed by atoms with Crippen LogP contribution >= 0.6 is 11.6 Å². The van der Waals surface area contributed by atoms with Crippen LogP contribution in [0.2, 0.25) is 5.02 Å². The van der Waals surface area contributed by atoms with Crippen LogP contribution in [0.4, 0.5) is 10.1 Å². The molecule has 0 atom stereocenters. The van der Waals surface area contributed by atoms with Gasteiger partial charge in [0.15, 0.2) is 5.92 Å². The zero-order chi connectivity index (χ0) is 14.0. The molecule has 0 saturated carbocycles. The lowest BCUT2D eigenvalue weighted by Crippen LogP contribution is -2.21. The molecule has 0 aliphatic rings. The Morgan fingerprint density at radius 2 is 1.83 bits per heavy atom. The fourth-order valence-corrected chi connectivity index (χ4v) is 1.55. The molecule has 0 bridgehead atoms. The molecule has 0 aliphatic carbocycles. The van der Waals surface area contributed by atoms with E-state index in [0.717, 1.165) is 0 Å². The van der Waals surface area contributed by atoms with E-state index in [0.29, 0.717) is 12.1 Å². The van der Waals surface area contributed by atoms with Gasteiger partial charge in [-0.15, -0.1) is 0 Å². The summed E-state index contributed by atoms with van der Waals surface area (Å²) in [6.07, 6.45) is 0. The van der Waals surface area contributed by atoms with Crippen LogP contribution < -0.4 is 0 Å². The quantitative estimate of drug-likeness (QED) is 0.491. The summed E-state index contributed by atoms with van der Waals surface area (Å²) in [6.45, 7) is 0. The molecule has 0 heterocycles. The van der Waals surface area contributed by atoms with E-state index in [9.17, 15) is 24.1 Å². The zero-order valence-corrected chi connectivity index (χ0v) is 9.22. The first kappa shape index (κ1) is 13.8. The predicted molar refractivity (Wildman–Crippen MR) is 56.1 cm³/mol.